The summed E-state index contributed by atoms with van der Waals surface area (Å²) in [5, 5.41) is 4.18. The molecule has 0 fully saturated rings. The van der Waals surface area contributed by atoms with Gasteiger partial charge < -0.3 is 4.42 Å². The molecule has 0 aliphatic rings. The average molecular weight is 205 g/mol. The van der Waals surface area contributed by atoms with Crippen molar-refractivity contribution in [1.29, 1.82) is 0 Å². The highest BCUT2D eigenvalue weighted by atomic mass is 32.1. The van der Waals surface area contributed by atoms with E-state index in [0.717, 1.165) is 22.1 Å². The monoisotopic (exact) mass is 205 g/mol. The smallest absolute Gasteiger partial charge is 0.212 e. The number of aryl methyl sites for hydroxylation is 1. The predicted molar refractivity (Wildman–Crippen MR) is 53.3 cm³/mol. The number of hydrogen-bond acceptors (Lipinski definition) is 4. The van der Waals surface area contributed by atoms with Crippen molar-refractivity contribution in [1.82, 2.24) is 14.6 Å². The molecule has 0 atom stereocenters. The average Bonchev–Trinajstić information content (AvgIpc) is 2.84. The zero-order valence-corrected chi connectivity index (χ0v) is 8.28. The van der Waals surface area contributed by atoms with E-state index in [1.807, 2.05) is 23.6 Å². The summed E-state index contributed by atoms with van der Waals surface area (Å²) >= 11 is 1.52. The molecule has 0 N–H and O–H groups in total. The molecule has 3 heterocycles. The van der Waals surface area contributed by atoms with Crippen LogP contribution < -0.4 is 0 Å². The molecule has 0 unspecified atom stereocenters. The lowest BCUT2D eigenvalue weighted by molar-refractivity contribution is 0.580. The van der Waals surface area contributed by atoms with E-state index in [9.17, 15) is 0 Å². The fraction of sp³-hybridized carbons (Fsp3) is 0.111. The van der Waals surface area contributed by atoms with Crippen molar-refractivity contribution >= 4 is 16.3 Å². The molecule has 14 heavy (non-hydrogen) atoms. The van der Waals surface area contributed by atoms with E-state index < -0.39 is 0 Å². The first-order valence-corrected chi connectivity index (χ1v) is 5.07. The Balaban J connectivity index is 2.32. The Morgan fingerprint density at radius 1 is 1.50 bits per heavy atom. The standard InChI is InChI=1S/C9H7N3OS/c1-6-8(7-3-2-4-13-7)11-9-12(6)10-5-14-9/h2-5H,1H3. The highest BCUT2D eigenvalue weighted by Crippen LogP contribution is 2.24. The minimum atomic E-state index is 0.792. The van der Waals surface area contributed by atoms with Gasteiger partial charge in [-0.2, -0.15) is 5.10 Å². The quantitative estimate of drug-likeness (QED) is 0.612. The molecule has 0 amide bonds. The molecule has 0 saturated carbocycles. The fourth-order valence-electron chi connectivity index (χ4n) is 1.44. The lowest BCUT2D eigenvalue weighted by Gasteiger charge is -1.91. The van der Waals surface area contributed by atoms with E-state index in [-0.39, 0.29) is 0 Å². The van der Waals surface area contributed by atoms with Crippen LogP contribution in [-0.4, -0.2) is 14.6 Å². The van der Waals surface area contributed by atoms with E-state index in [0.29, 0.717) is 0 Å². The SMILES string of the molecule is Cc1c(-c2ccco2)nc2scnn12. The van der Waals surface area contributed by atoms with Crippen LogP contribution in [0, 0.1) is 6.92 Å². The van der Waals surface area contributed by atoms with Gasteiger partial charge in [0.1, 0.15) is 11.2 Å². The first-order chi connectivity index (χ1) is 6.86. The largest absolute Gasteiger partial charge is 0.463 e. The van der Waals surface area contributed by atoms with Gasteiger partial charge in [-0.05, 0) is 19.1 Å². The van der Waals surface area contributed by atoms with Crippen molar-refractivity contribution in [3.8, 4) is 11.5 Å². The number of furan rings is 1. The van der Waals surface area contributed by atoms with E-state index in [1.165, 1.54) is 11.3 Å². The second-order valence-electron chi connectivity index (χ2n) is 2.96. The summed E-state index contributed by atoms with van der Waals surface area (Å²) in [6.45, 7) is 1.98. The predicted octanol–water partition coefficient (Wildman–Crippen LogP) is 2.36. The van der Waals surface area contributed by atoms with Crippen LogP contribution in [0.25, 0.3) is 16.4 Å². The van der Waals surface area contributed by atoms with Gasteiger partial charge in [0.2, 0.25) is 4.96 Å². The summed E-state index contributed by atoms with van der Waals surface area (Å²) in [5.41, 5.74) is 3.66. The molecule has 3 aromatic heterocycles. The molecule has 5 heteroatoms. The molecule has 3 rings (SSSR count). The van der Waals surface area contributed by atoms with Crippen molar-refractivity contribution in [2.75, 3.05) is 0 Å². The number of hydrogen-bond donors (Lipinski definition) is 0. The third-order valence-corrected chi connectivity index (χ3v) is 2.80. The number of aromatic nitrogens is 3. The third kappa shape index (κ3) is 0.927. The highest BCUT2D eigenvalue weighted by Gasteiger charge is 2.13. The van der Waals surface area contributed by atoms with Crippen LogP contribution in [0.2, 0.25) is 0 Å². The number of imidazole rings is 1. The minimum absolute atomic E-state index is 0.792. The van der Waals surface area contributed by atoms with Crippen molar-refractivity contribution in [3.05, 3.63) is 29.6 Å². The van der Waals surface area contributed by atoms with E-state index in [4.69, 9.17) is 4.42 Å². The normalized spacial score (nSPS) is 11.2. The maximum Gasteiger partial charge on any atom is 0.212 e. The van der Waals surface area contributed by atoms with Gasteiger partial charge in [0, 0.05) is 0 Å². The fourth-order valence-corrected chi connectivity index (χ4v) is 2.11. The van der Waals surface area contributed by atoms with Crippen LogP contribution in [0.3, 0.4) is 0 Å². The van der Waals surface area contributed by atoms with E-state index >= 15 is 0 Å². The summed E-state index contributed by atoms with van der Waals surface area (Å²) < 4.78 is 7.12. The molecule has 4 nitrogen and oxygen atoms in total. The first kappa shape index (κ1) is 7.75. The van der Waals surface area contributed by atoms with Crippen LogP contribution in [0.5, 0.6) is 0 Å². The van der Waals surface area contributed by atoms with Gasteiger partial charge >= 0.3 is 0 Å². The van der Waals surface area contributed by atoms with Gasteiger partial charge in [0.15, 0.2) is 5.76 Å². The van der Waals surface area contributed by atoms with Crippen molar-refractivity contribution in [2.45, 2.75) is 6.92 Å². The van der Waals surface area contributed by atoms with Crippen molar-refractivity contribution in [3.63, 3.8) is 0 Å². The molecule has 0 saturated heterocycles. The Labute approximate surface area is 83.8 Å². The third-order valence-electron chi connectivity index (χ3n) is 2.12. The summed E-state index contributed by atoms with van der Waals surface area (Å²) in [7, 11) is 0. The molecule has 0 spiro atoms. The summed E-state index contributed by atoms with van der Waals surface area (Å²) in [6, 6.07) is 3.76. The molecule has 0 radical (unpaired) electrons. The summed E-state index contributed by atoms with van der Waals surface area (Å²) in [5.74, 6) is 0.792. The highest BCUT2D eigenvalue weighted by molar-refractivity contribution is 7.14. The maximum absolute atomic E-state index is 5.30. The van der Waals surface area contributed by atoms with Gasteiger partial charge in [0.25, 0.3) is 0 Å². The molecular weight excluding hydrogens is 198 g/mol. The molecule has 0 aliphatic heterocycles. The Kier molecular flexibility index (Phi) is 1.49. The number of nitrogens with zero attached hydrogens (tertiary/aromatic N) is 3. The Hall–Kier alpha value is -1.62. The van der Waals surface area contributed by atoms with Gasteiger partial charge in [-0.1, -0.05) is 11.3 Å². The van der Waals surface area contributed by atoms with Crippen molar-refractivity contribution in [2.24, 2.45) is 0 Å². The van der Waals surface area contributed by atoms with Gasteiger partial charge in [-0.3, -0.25) is 0 Å². The second-order valence-corrected chi connectivity index (χ2v) is 3.77. The van der Waals surface area contributed by atoms with Crippen LogP contribution >= 0.6 is 11.3 Å². The van der Waals surface area contributed by atoms with Crippen LogP contribution in [0.15, 0.2) is 28.3 Å². The molecular formula is C9H7N3OS. The Morgan fingerprint density at radius 2 is 2.43 bits per heavy atom. The van der Waals surface area contributed by atoms with Crippen LogP contribution in [0.1, 0.15) is 5.69 Å². The van der Waals surface area contributed by atoms with Gasteiger partial charge in [0.05, 0.1) is 12.0 Å². The Morgan fingerprint density at radius 3 is 3.14 bits per heavy atom. The molecule has 70 valence electrons. The minimum Gasteiger partial charge on any atom is -0.463 e. The lowest BCUT2D eigenvalue weighted by atomic mass is 10.3. The van der Waals surface area contributed by atoms with Gasteiger partial charge in [-0.25, -0.2) is 9.50 Å². The zero-order valence-electron chi connectivity index (χ0n) is 7.47. The molecule has 3 aromatic rings. The van der Waals surface area contributed by atoms with Crippen molar-refractivity contribution < 1.29 is 4.42 Å². The van der Waals surface area contributed by atoms with Crippen LogP contribution in [0.4, 0.5) is 0 Å². The van der Waals surface area contributed by atoms with Crippen LogP contribution in [-0.2, 0) is 0 Å². The summed E-state index contributed by atoms with van der Waals surface area (Å²) in [4.78, 5) is 5.34. The van der Waals surface area contributed by atoms with E-state index in [2.05, 4.69) is 10.1 Å². The summed E-state index contributed by atoms with van der Waals surface area (Å²) in [6.07, 6.45) is 1.65. The van der Waals surface area contributed by atoms with Gasteiger partial charge in [-0.15, -0.1) is 0 Å². The Bertz CT molecular complexity index is 564. The number of rotatable bonds is 1. The zero-order chi connectivity index (χ0) is 9.54. The second kappa shape index (κ2) is 2.68. The molecule has 0 bridgehead atoms. The first-order valence-electron chi connectivity index (χ1n) is 4.19. The maximum atomic E-state index is 5.30. The molecule has 0 aromatic carbocycles. The van der Waals surface area contributed by atoms with E-state index in [1.54, 1.807) is 11.8 Å². The number of fused-ring (bicyclic) bond motifs is 1. The lowest BCUT2D eigenvalue weighted by Crippen LogP contribution is -1.86. The topological polar surface area (TPSA) is 43.3 Å². The molecule has 0 aliphatic carbocycles.